The maximum absolute atomic E-state index is 12.9. The van der Waals surface area contributed by atoms with Crippen LogP contribution in [0.15, 0.2) is 47.6 Å². The summed E-state index contributed by atoms with van der Waals surface area (Å²) in [5, 5.41) is 3.51. The quantitative estimate of drug-likeness (QED) is 0.365. The van der Waals surface area contributed by atoms with Crippen molar-refractivity contribution in [2.45, 2.75) is 19.0 Å². The lowest BCUT2D eigenvalue weighted by Gasteiger charge is -2.10. The SMILES string of the molecule is FC(F)(F)c1ccc(CO/N=C/c2cc(Cl)ccc2C(F)(F)F)cc1. The molecule has 0 fully saturated rings. The molecule has 2 rings (SSSR count). The van der Waals surface area contributed by atoms with Gasteiger partial charge in [0.2, 0.25) is 0 Å². The van der Waals surface area contributed by atoms with Crippen molar-refractivity contribution in [2.75, 3.05) is 0 Å². The van der Waals surface area contributed by atoms with Crippen LogP contribution in [0.4, 0.5) is 26.3 Å². The van der Waals surface area contributed by atoms with Crippen LogP contribution in [0.1, 0.15) is 22.3 Å². The van der Waals surface area contributed by atoms with Crippen LogP contribution in [0.25, 0.3) is 0 Å². The van der Waals surface area contributed by atoms with Gasteiger partial charge in [0.05, 0.1) is 17.3 Å². The van der Waals surface area contributed by atoms with E-state index in [2.05, 4.69) is 5.16 Å². The zero-order chi connectivity index (χ0) is 18.7. The molecule has 0 amide bonds. The zero-order valence-electron chi connectivity index (χ0n) is 12.3. The molecule has 0 atom stereocenters. The van der Waals surface area contributed by atoms with Gasteiger partial charge in [-0.1, -0.05) is 28.9 Å². The first-order valence-corrected chi connectivity index (χ1v) is 7.13. The number of alkyl halides is 6. The highest BCUT2D eigenvalue weighted by molar-refractivity contribution is 6.30. The molecule has 0 radical (unpaired) electrons. The molecule has 0 aromatic heterocycles. The Hall–Kier alpha value is -2.22. The lowest BCUT2D eigenvalue weighted by atomic mass is 10.1. The summed E-state index contributed by atoms with van der Waals surface area (Å²) in [5.41, 5.74) is -1.65. The van der Waals surface area contributed by atoms with Gasteiger partial charge < -0.3 is 4.84 Å². The highest BCUT2D eigenvalue weighted by atomic mass is 35.5. The maximum atomic E-state index is 12.9. The first-order valence-electron chi connectivity index (χ1n) is 6.75. The van der Waals surface area contributed by atoms with Crippen LogP contribution >= 0.6 is 11.6 Å². The molecule has 2 aromatic rings. The highest BCUT2D eigenvalue weighted by Gasteiger charge is 2.33. The van der Waals surface area contributed by atoms with E-state index in [1.807, 2.05) is 0 Å². The van der Waals surface area contributed by atoms with Crippen molar-refractivity contribution in [3.05, 3.63) is 69.7 Å². The van der Waals surface area contributed by atoms with Gasteiger partial charge in [-0.15, -0.1) is 0 Å². The summed E-state index contributed by atoms with van der Waals surface area (Å²) in [6.07, 6.45) is -8.18. The Morgan fingerprint density at radius 1 is 0.920 bits per heavy atom. The van der Waals surface area contributed by atoms with E-state index in [4.69, 9.17) is 16.4 Å². The van der Waals surface area contributed by atoms with Crippen LogP contribution in [-0.2, 0) is 23.8 Å². The van der Waals surface area contributed by atoms with Gasteiger partial charge in [-0.3, -0.25) is 0 Å². The van der Waals surface area contributed by atoms with Gasteiger partial charge in [-0.25, -0.2) is 0 Å². The molecule has 2 nitrogen and oxygen atoms in total. The fourth-order valence-electron chi connectivity index (χ4n) is 1.89. The third kappa shape index (κ3) is 5.38. The molecule has 9 heteroatoms. The van der Waals surface area contributed by atoms with Crippen molar-refractivity contribution in [1.29, 1.82) is 0 Å². The fraction of sp³-hybridized carbons (Fsp3) is 0.188. The molecule has 134 valence electrons. The number of rotatable bonds is 4. The van der Waals surface area contributed by atoms with E-state index in [-0.39, 0.29) is 17.2 Å². The molecule has 0 saturated heterocycles. The Morgan fingerprint density at radius 3 is 2.12 bits per heavy atom. The Bertz CT molecular complexity index is 753. The van der Waals surface area contributed by atoms with Crippen LogP contribution in [0, 0.1) is 0 Å². The van der Waals surface area contributed by atoms with Gasteiger partial charge in [0, 0.05) is 10.6 Å². The van der Waals surface area contributed by atoms with Crippen molar-refractivity contribution in [3.8, 4) is 0 Å². The third-order valence-electron chi connectivity index (χ3n) is 3.10. The minimum atomic E-state index is -4.58. The van der Waals surface area contributed by atoms with E-state index in [0.29, 0.717) is 5.56 Å². The summed E-state index contributed by atoms with van der Waals surface area (Å²) >= 11 is 5.67. The Balaban J connectivity index is 2.04. The van der Waals surface area contributed by atoms with E-state index >= 15 is 0 Å². The Kier molecular flexibility index (Phi) is 5.62. The van der Waals surface area contributed by atoms with Gasteiger partial charge in [-0.2, -0.15) is 26.3 Å². The highest BCUT2D eigenvalue weighted by Crippen LogP contribution is 2.32. The predicted molar refractivity (Wildman–Crippen MR) is 80.3 cm³/mol. The average Bonchev–Trinajstić information content (AvgIpc) is 2.50. The number of oxime groups is 1. The summed E-state index contributed by atoms with van der Waals surface area (Å²) in [6, 6.07) is 7.14. The van der Waals surface area contributed by atoms with Crippen molar-refractivity contribution >= 4 is 17.8 Å². The molecular formula is C16H10ClF6NO. The molecule has 0 aliphatic carbocycles. The standard InChI is InChI=1S/C16H10ClF6NO/c17-13-5-6-14(16(21,22)23)11(7-13)8-24-25-9-10-1-3-12(4-2-10)15(18,19)20/h1-8H,9H2/b24-8+. The largest absolute Gasteiger partial charge is 0.417 e. The van der Waals surface area contributed by atoms with E-state index in [9.17, 15) is 26.3 Å². The van der Waals surface area contributed by atoms with Gasteiger partial charge in [0.1, 0.15) is 6.61 Å². The topological polar surface area (TPSA) is 21.6 Å². The lowest BCUT2D eigenvalue weighted by molar-refractivity contribution is -0.138. The molecule has 0 aliphatic heterocycles. The summed E-state index contributed by atoms with van der Waals surface area (Å²) in [7, 11) is 0. The van der Waals surface area contributed by atoms with Crippen molar-refractivity contribution in [3.63, 3.8) is 0 Å². The van der Waals surface area contributed by atoms with Crippen LogP contribution in [0.2, 0.25) is 5.02 Å². The molecule has 0 spiro atoms. The molecule has 0 N–H and O–H groups in total. The summed E-state index contributed by atoms with van der Waals surface area (Å²) in [5.74, 6) is 0. The second kappa shape index (κ2) is 7.35. The average molecular weight is 382 g/mol. The summed E-state index contributed by atoms with van der Waals surface area (Å²) < 4.78 is 75.8. The number of nitrogens with zero attached hydrogens (tertiary/aromatic N) is 1. The molecule has 2 aromatic carbocycles. The first kappa shape index (κ1) is 19.1. The van der Waals surface area contributed by atoms with E-state index in [1.165, 1.54) is 12.1 Å². The van der Waals surface area contributed by atoms with Crippen LogP contribution in [0.5, 0.6) is 0 Å². The lowest BCUT2D eigenvalue weighted by Crippen LogP contribution is -2.08. The number of halogens is 7. The normalized spacial score (nSPS) is 12.6. The van der Waals surface area contributed by atoms with Gasteiger partial charge in [0.25, 0.3) is 0 Å². The Labute approximate surface area is 143 Å². The van der Waals surface area contributed by atoms with Crippen molar-refractivity contribution < 1.29 is 31.2 Å². The summed E-state index contributed by atoms with van der Waals surface area (Å²) in [4.78, 5) is 4.83. The van der Waals surface area contributed by atoms with Crippen LogP contribution in [-0.4, -0.2) is 6.21 Å². The molecular weight excluding hydrogens is 372 g/mol. The maximum Gasteiger partial charge on any atom is 0.417 e. The van der Waals surface area contributed by atoms with E-state index < -0.39 is 23.5 Å². The van der Waals surface area contributed by atoms with Gasteiger partial charge in [0.15, 0.2) is 0 Å². The second-order valence-electron chi connectivity index (χ2n) is 4.93. The fourth-order valence-corrected chi connectivity index (χ4v) is 2.07. The smallest absolute Gasteiger partial charge is 0.391 e. The molecule has 0 saturated carbocycles. The van der Waals surface area contributed by atoms with E-state index in [0.717, 1.165) is 36.5 Å². The van der Waals surface area contributed by atoms with Crippen molar-refractivity contribution in [1.82, 2.24) is 0 Å². The molecule has 0 aliphatic rings. The molecule has 0 unspecified atom stereocenters. The molecule has 0 heterocycles. The predicted octanol–water partition coefficient (Wildman–Crippen LogP) is 5.93. The van der Waals surface area contributed by atoms with Crippen LogP contribution < -0.4 is 0 Å². The molecule has 25 heavy (non-hydrogen) atoms. The number of hydrogen-bond acceptors (Lipinski definition) is 2. The summed E-state index contributed by atoms with van der Waals surface area (Å²) in [6.45, 7) is -0.198. The Morgan fingerprint density at radius 2 is 1.56 bits per heavy atom. The zero-order valence-corrected chi connectivity index (χ0v) is 13.1. The third-order valence-corrected chi connectivity index (χ3v) is 3.33. The second-order valence-corrected chi connectivity index (χ2v) is 5.37. The number of hydrogen-bond donors (Lipinski definition) is 0. The van der Waals surface area contributed by atoms with Crippen LogP contribution in [0.3, 0.4) is 0 Å². The minimum Gasteiger partial charge on any atom is -0.391 e. The van der Waals surface area contributed by atoms with Crippen molar-refractivity contribution in [2.24, 2.45) is 5.16 Å². The van der Waals surface area contributed by atoms with Gasteiger partial charge in [-0.05, 0) is 35.9 Å². The monoisotopic (exact) mass is 381 g/mol. The first-order chi connectivity index (χ1) is 11.6. The molecule has 0 bridgehead atoms. The van der Waals surface area contributed by atoms with E-state index in [1.54, 1.807) is 0 Å². The number of benzene rings is 2. The van der Waals surface area contributed by atoms with Gasteiger partial charge >= 0.3 is 12.4 Å². The minimum absolute atomic E-state index is 0.0946.